The quantitative estimate of drug-likeness (QED) is 0.447. The molecule has 2 atom stereocenters. The van der Waals surface area contributed by atoms with Gasteiger partial charge in [-0.15, -0.1) is 0 Å². The molecular weight excluding hydrogens is 460 g/mol. The summed E-state index contributed by atoms with van der Waals surface area (Å²) in [6.07, 6.45) is 5.04. The molecule has 0 unspecified atom stereocenters. The van der Waals surface area contributed by atoms with Crippen LogP contribution in [0.1, 0.15) is 64.7 Å². The second-order valence-electron chi connectivity index (χ2n) is 10.7. The molecule has 3 aromatic carbocycles. The smallest absolute Gasteiger partial charge is 0.254 e. The number of likely N-dealkylation sites (tertiary alicyclic amines) is 1. The molecule has 37 heavy (non-hydrogen) atoms. The summed E-state index contributed by atoms with van der Waals surface area (Å²) >= 11 is 0. The number of hydrogen-bond acceptors (Lipinski definition) is 3. The molecule has 2 heterocycles. The molecule has 1 aliphatic carbocycles. The summed E-state index contributed by atoms with van der Waals surface area (Å²) in [7, 11) is 1.65. The minimum Gasteiger partial charge on any atom is -0.497 e. The predicted molar refractivity (Wildman–Crippen MR) is 144 cm³/mol. The van der Waals surface area contributed by atoms with E-state index >= 15 is 0 Å². The Balaban J connectivity index is 1.32. The molecular formula is C32H34N2O3. The van der Waals surface area contributed by atoms with Gasteiger partial charge in [-0.3, -0.25) is 9.59 Å². The number of nitrogens with zero attached hydrogens (tertiary/aromatic N) is 2. The van der Waals surface area contributed by atoms with Gasteiger partial charge in [0.05, 0.1) is 19.1 Å². The van der Waals surface area contributed by atoms with Crippen molar-refractivity contribution in [1.29, 1.82) is 0 Å². The average molecular weight is 495 g/mol. The highest BCUT2D eigenvalue weighted by atomic mass is 16.5. The molecule has 0 spiro atoms. The van der Waals surface area contributed by atoms with E-state index in [1.807, 2.05) is 53.4 Å². The number of hydrogen-bond donors (Lipinski definition) is 0. The van der Waals surface area contributed by atoms with Gasteiger partial charge in [-0.1, -0.05) is 60.7 Å². The van der Waals surface area contributed by atoms with Crippen molar-refractivity contribution in [3.8, 4) is 5.75 Å². The topological polar surface area (TPSA) is 49.9 Å². The number of amides is 2. The fourth-order valence-electron chi connectivity index (χ4n) is 6.25. The largest absolute Gasteiger partial charge is 0.497 e. The highest BCUT2D eigenvalue weighted by Gasteiger charge is 2.50. The lowest BCUT2D eigenvalue weighted by atomic mass is 9.78. The third kappa shape index (κ3) is 4.63. The lowest BCUT2D eigenvalue weighted by Gasteiger charge is -2.44. The van der Waals surface area contributed by atoms with E-state index in [-0.39, 0.29) is 23.9 Å². The molecule has 0 aromatic heterocycles. The first-order valence-electron chi connectivity index (χ1n) is 13.5. The fourth-order valence-corrected chi connectivity index (χ4v) is 6.25. The minimum absolute atomic E-state index is 0.0385. The molecule has 5 nitrogen and oxygen atoms in total. The van der Waals surface area contributed by atoms with E-state index in [1.165, 1.54) is 5.56 Å². The van der Waals surface area contributed by atoms with Crippen molar-refractivity contribution in [3.05, 3.63) is 101 Å². The number of methoxy groups -OCH3 is 1. The van der Waals surface area contributed by atoms with Crippen molar-refractivity contribution in [3.63, 3.8) is 0 Å². The zero-order valence-electron chi connectivity index (χ0n) is 21.4. The van der Waals surface area contributed by atoms with E-state index in [0.717, 1.165) is 62.1 Å². The lowest BCUT2D eigenvalue weighted by Crippen LogP contribution is -2.50. The zero-order chi connectivity index (χ0) is 25.4. The van der Waals surface area contributed by atoms with E-state index in [9.17, 15) is 9.59 Å². The molecule has 3 aliphatic rings. The van der Waals surface area contributed by atoms with Gasteiger partial charge in [0.15, 0.2) is 0 Å². The molecule has 1 saturated heterocycles. The van der Waals surface area contributed by atoms with Crippen LogP contribution < -0.4 is 4.74 Å². The summed E-state index contributed by atoms with van der Waals surface area (Å²) in [5.41, 5.74) is 3.86. The number of carbonyl (C=O) groups is 2. The summed E-state index contributed by atoms with van der Waals surface area (Å²) in [6.45, 7) is 1.52. The second kappa shape index (κ2) is 10.0. The third-order valence-corrected chi connectivity index (χ3v) is 8.31. The molecule has 5 heteroatoms. The molecule has 1 saturated carbocycles. The highest BCUT2D eigenvalue weighted by Crippen LogP contribution is 2.49. The van der Waals surface area contributed by atoms with Crippen LogP contribution in [0.25, 0.3) is 0 Å². The van der Waals surface area contributed by atoms with Crippen molar-refractivity contribution in [1.82, 2.24) is 9.80 Å². The molecule has 2 aliphatic heterocycles. The number of piperidine rings is 1. The Morgan fingerprint density at radius 2 is 1.62 bits per heavy atom. The Morgan fingerprint density at radius 3 is 2.35 bits per heavy atom. The standard InChI is InChI=1S/C32H34N2O3/c1-37-26-11-7-10-24(21-26)30-29(27-12-5-6-13-28(27)31(35)34(30)25-14-15-25)32(36)33-18-16-23(17-19-33)20-22-8-3-2-4-9-22/h2-13,21,23,25,29-30H,14-20H2,1H3/t29-,30-/m0/s1. The molecule has 0 N–H and O–H groups in total. The van der Waals surface area contributed by atoms with E-state index in [2.05, 4.69) is 35.2 Å². The molecule has 2 fully saturated rings. The van der Waals surface area contributed by atoms with Gasteiger partial charge in [0, 0.05) is 24.7 Å². The normalized spacial score (nSPS) is 22.0. The summed E-state index contributed by atoms with van der Waals surface area (Å²) in [5.74, 6) is 1.08. The van der Waals surface area contributed by atoms with Gasteiger partial charge in [0.2, 0.25) is 5.91 Å². The van der Waals surface area contributed by atoms with Gasteiger partial charge >= 0.3 is 0 Å². The van der Waals surface area contributed by atoms with Crippen LogP contribution in [0, 0.1) is 5.92 Å². The Kier molecular flexibility index (Phi) is 6.45. The van der Waals surface area contributed by atoms with E-state index < -0.39 is 5.92 Å². The van der Waals surface area contributed by atoms with Crippen molar-refractivity contribution in [2.75, 3.05) is 20.2 Å². The van der Waals surface area contributed by atoms with Crippen LogP contribution in [0.5, 0.6) is 5.75 Å². The predicted octanol–water partition coefficient (Wildman–Crippen LogP) is 5.62. The summed E-state index contributed by atoms with van der Waals surface area (Å²) in [6, 6.07) is 26.1. The highest BCUT2D eigenvalue weighted by molar-refractivity contribution is 6.01. The first-order chi connectivity index (χ1) is 18.1. The number of benzene rings is 3. The Bertz CT molecular complexity index is 1280. The SMILES string of the molecule is COc1cccc([C@H]2[C@@H](C(=O)N3CCC(Cc4ccccc4)CC3)c3ccccc3C(=O)N2C2CC2)c1. The Hall–Kier alpha value is -3.60. The summed E-state index contributed by atoms with van der Waals surface area (Å²) < 4.78 is 5.53. The average Bonchev–Trinajstić information content (AvgIpc) is 3.79. The van der Waals surface area contributed by atoms with Gasteiger partial charge < -0.3 is 14.5 Å². The van der Waals surface area contributed by atoms with Crippen molar-refractivity contribution in [2.24, 2.45) is 5.92 Å². The van der Waals surface area contributed by atoms with Crippen molar-refractivity contribution < 1.29 is 14.3 Å². The van der Waals surface area contributed by atoms with E-state index in [4.69, 9.17) is 4.74 Å². The third-order valence-electron chi connectivity index (χ3n) is 8.31. The molecule has 6 rings (SSSR count). The molecule has 190 valence electrons. The van der Waals surface area contributed by atoms with E-state index in [0.29, 0.717) is 11.5 Å². The maximum absolute atomic E-state index is 14.4. The summed E-state index contributed by atoms with van der Waals surface area (Å²) in [4.78, 5) is 32.2. The van der Waals surface area contributed by atoms with Gasteiger partial charge in [-0.2, -0.15) is 0 Å². The van der Waals surface area contributed by atoms with Crippen LogP contribution >= 0.6 is 0 Å². The van der Waals surface area contributed by atoms with Crippen LogP contribution in [0.3, 0.4) is 0 Å². The van der Waals surface area contributed by atoms with Gasteiger partial charge in [0.1, 0.15) is 5.75 Å². The Labute approximate surface area is 219 Å². The summed E-state index contributed by atoms with van der Waals surface area (Å²) in [5, 5.41) is 0. The maximum atomic E-state index is 14.4. The number of rotatable bonds is 6. The van der Waals surface area contributed by atoms with Crippen LogP contribution in [0.2, 0.25) is 0 Å². The van der Waals surface area contributed by atoms with Crippen LogP contribution in [-0.4, -0.2) is 47.9 Å². The lowest BCUT2D eigenvalue weighted by molar-refractivity contribution is -0.136. The van der Waals surface area contributed by atoms with Crippen LogP contribution in [0.4, 0.5) is 0 Å². The van der Waals surface area contributed by atoms with Gasteiger partial charge in [0.25, 0.3) is 5.91 Å². The van der Waals surface area contributed by atoms with E-state index in [1.54, 1.807) is 7.11 Å². The van der Waals surface area contributed by atoms with Crippen molar-refractivity contribution in [2.45, 2.75) is 50.1 Å². The van der Waals surface area contributed by atoms with Gasteiger partial charge in [-0.25, -0.2) is 0 Å². The molecule has 0 bridgehead atoms. The molecule has 3 aromatic rings. The number of fused-ring (bicyclic) bond motifs is 1. The second-order valence-corrected chi connectivity index (χ2v) is 10.7. The molecule has 0 radical (unpaired) electrons. The van der Waals surface area contributed by atoms with Crippen LogP contribution in [-0.2, 0) is 11.2 Å². The fraction of sp³-hybridized carbons (Fsp3) is 0.375. The number of carbonyl (C=O) groups excluding carboxylic acids is 2. The first kappa shape index (κ1) is 23.8. The van der Waals surface area contributed by atoms with Gasteiger partial charge in [-0.05, 0) is 72.9 Å². The zero-order valence-corrected chi connectivity index (χ0v) is 21.4. The number of ether oxygens (including phenoxy) is 1. The monoisotopic (exact) mass is 494 g/mol. The Morgan fingerprint density at radius 1 is 0.892 bits per heavy atom. The van der Waals surface area contributed by atoms with Crippen LogP contribution in [0.15, 0.2) is 78.9 Å². The molecule has 2 amide bonds. The maximum Gasteiger partial charge on any atom is 0.254 e. The minimum atomic E-state index is -0.424. The first-order valence-corrected chi connectivity index (χ1v) is 13.5. The van der Waals surface area contributed by atoms with Crippen molar-refractivity contribution >= 4 is 11.8 Å².